The number of carbonyl (C=O) groups excluding carboxylic acids is 1. The monoisotopic (exact) mass is 257 g/mol. The van der Waals surface area contributed by atoms with Crippen molar-refractivity contribution in [1.29, 1.82) is 0 Å². The molecular formula is C12H16ClNOS. The molecule has 0 aliphatic rings. The van der Waals surface area contributed by atoms with E-state index in [1.54, 1.807) is 0 Å². The van der Waals surface area contributed by atoms with Crippen LogP contribution in [0.15, 0.2) is 24.3 Å². The molecule has 1 N–H and O–H groups in total. The minimum atomic E-state index is -0.108. The molecule has 0 spiro atoms. The van der Waals surface area contributed by atoms with Crippen LogP contribution in [0.4, 0.5) is 0 Å². The summed E-state index contributed by atoms with van der Waals surface area (Å²) in [4.78, 5) is 11.1. The molecule has 0 aromatic heterocycles. The summed E-state index contributed by atoms with van der Waals surface area (Å²) >= 11 is 9.75. The molecule has 2 nitrogen and oxygen atoms in total. The van der Waals surface area contributed by atoms with Gasteiger partial charge in [-0.15, -0.1) is 0 Å². The van der Waals surface area contributed by atoms with Gasteiger partial charge in [0.2, 0.25) is 5.91 Å². The minimum Gasteiger partial charge on any atom is -0.355 e. The lowest BCUT2D eigenvalue weighted by molar-refractivity contribution is -0.118. The van der Waals surface area contributed by atoms with Gasteiger partial charge in [-0.1, -0.05) is 37.6 Å². The smallest absolute Gasteiger partial charge is 0.229 e. The van der Waals surface area contributed by atoms with E-state index < -0.39 is 0 Å². The SMILES string of the molecule is CC(C)(CNC(=O)CS)c1ccc(Cl)cc1. The summed E-state index contributed by atoms with van der Waals surface area (Å²) < 4.78 is 0. The van der Waals surface area contributed by atoms with E-state index in [0.717, 1.165) is 10.6 Å². The van der Waals surface area contributed by atoms with Gasteiger partial charge in [0.15, 0.2) is 0 Å². The second-order valence-electron chi connectivity index (χ2n) is 4.33. The first kappa shape index (κ1) is 13.4. The maximum absolute atomic E-state index is 11.1. The quantitative estimate of drug-likeness (QED) is 0.798. The standard InChI is InChI=1S/C12H16ClNOS/c1-12(2,8-14-11(15)7-16)9-3-5-10(13)6-4-9/h3-6,16H,7-8H2,1-2H3,(H,14,15). The predicted molar refractivity (Wildman–Crippen MR) is 71.3 cm³/mol. The van der Waals surface area contributed by atoms with Crippen LogP contribution in [0.5, 0.6) is 0 Å². The van der Waals surface area contributed by atoms with E-state index in [4.69, 9.17) is 11.6 Å². The summed E-state index contributed by atoms with van der Waals surface area (Å²) in [6, 6.07) is 7.68. The average Bonchev–Trinajstić information content (AvgIpc) is 2.26. The van der Waals surface area contributed by atoms with E-state index >= 15 is 0 Å². The van der Waals surface area contributed by atoms with E-state index in [1.165, 1.54) is 0 Å². The largest absolute Gasteiger partial charge is 0.355 e. The van der Waals surface area contributed by atoms with Gasteiger partial charge in [-0.25, -0.2) is 0 Å². The number of nitrogens with one attached hydrogen (secondary N) is 1. The van der Waals surface area contributed by atoms with Crippen molar-refractivity contribution in [2.24, 2.45) is 0 Å². The summed E-state index contributed by atoms with van der Waals surface area (Å²) in [6.07, 6.45) is 0. The number of hydrogen-bond donors (Lipinski definition) is 2. The Kier molecular flexibility index (Phi) is 4.69. The molecule has 0 bridgehead atoms. The molecule has 16 heavy (non-hydrogen) atoms. The summed E-state index contributed by atoms with van der Waals surface area (Å²) in [5.41, 5.74) is 1.04. The highest BCUT2D eigenvalue weighted by Gasteiger charge is 2.20. The van der Waals surface area contributed by atoms with E-state index in [1.807, 2.05) is 24.3 Å². The van der Waals surface area contributed by atoms with E-state index in [-0.39, 0.29) is 17.1 Å². The molecule has 1 aromatic rings. The third kappa shape index (κ3) is 3.72. The highest BCUT2D eigenvalue weighted by molar-refractivity contribution is 7.81. The maximum atomic E-state index is 11.1. The molecular weight excluding hydrogens is 242 g/mol. The fourth-order valence-electron chi connectivity index (χ4n) is 1.38. The summed E-state index contributed by atoms with van der Waals surface area (Å²) in [5.74, 6) is 0.168. The van der Waals surface area contributed by atoms with Gasteiger partial charge in [-0.2, -0.15) is 12.6 Å². The maximum Gasteiger partial charge on any atom is 0.229 e. The number of halogens is 1. The van der Waals surface area contributed by atoms with Crippen molar-refractivity contribution < 1.29 is 4.79 Å². The van der Waals surface area contributed by atoms with Crippen LogP contribution in [-0.4, -0.2) is 18.2 Å². The van der Waals surface area contributed by atoms with Gasteiger partial charge in [0.25, 0.3) is 0 Å². The van der Waals surface area contributed by atoms with Gasteiger partial charge in [0.05, 0.1) is 5.75 Å². The molecule has 0 saturated heterocycles. The first-order chi connectivity index (χ1) is 7.45. The van der Waals surface area contributed by atoms with Crippen molar-refractivity contribution in [1.82, 2.24) is 5.32 Å². The Bertz CT molecular complexity index is 362. The van der Waals surface area contributed by atoms with Crippen molar-refractivity contribution in [3.8, 4) is 0 Å². The Morgan fingerprint density at radius 1 is 1.38 bits per heavy atom. The Labute approximate surface area is 107 Å². The Morgan fingerprint density at radius 3 is 2.44 bits per heavy atom. The topological polar surface area (TPSA) is 29.1 Å². The highest BCUT2D eigenvalue weighted by Crippen LogP contribution is 2.23. The minimum absolute atomic E-state index is 0.0506. The zero-order chi connectivity index (χ0) is 12.2. The lowest BCUT2D eigenvalue weighted by atomic mass is 9.84. The Hall–Kier alpha value is -0.670. The molecule has 0 aliphatic heterocycles. The summed E-state index contributed by atoms with van der Waals surface area (Å²) in [6.45, 7) is 4.75. The first-order valence-corrected chi connectivity index (χ1v) is 6.10. The van der Waals surface area contributed by atoms with Crippen molar-refractivity contribution in [3.05, 3.63) is 34.9 Å². The second kappa shape index (κ2) is 5.60. The zero-order valence-corrected chi connectivity index (χ0v) is 11.1. The number of rotatable bonds is 4. The van der Waals surface area contributed by atoms with Crippen molar-refractivity contribution in [2.75, 3.05) is 12.3 Å². The van der Waals surface area contributed by atoms with Gasteiger partial charge < -0.3 is 5.32 Å². The Morgan fingerprint density at radius 2 is 1.94 bits per heavy atom. The van der Waals surface area contributed by atoms with Crippen LogP contribution in [0, 0.1) is 0 Å². The van der Waals surface area contributed by atoms with Gasteiger partial charge in [-0.3, -0.25) is 4.79 Å². The molecule has 0 radical (unpaired) electrons. The molecule has 1 amide bonds. The van der Waals surface area contributed by atoms with Crippen LogP contribution >= 0.6 is 24.2 Å². The highest BCUT2D eigenvalue weighted by atomic mass is 35.5. The van der Waals surface area contributed by atoms with Gasteiger partial charge in [0.1, 0.15) is 0 Å². The number of benzene rings is 1. The molecule has 0 fully saturated rings. The lowest BCUT2D eigenvalue weighted by Gasteiger charge is -2.25. The molecule has 0 saturated carbocycles. The van der Waals surface area contributed by atoms with Gasteiger partial charge in [0, 0.05) is 17.0 Å². The molecule has 0 atom stereocenters. The van der Waals surface area contributed by atoms with Crippen LogP contribution in [0.2, 0.25) is 5.02 Å². The van der Waals surface area contributed by atoms with Crippen LogP contribution in [0.25, 0.3) is 0 Å². The van der Waals surface area contributed by atoms with Gasteiger partial charge >= 0.3 is 0 Å². The van der Waals surface area contributed by atoms with E-state index in [9.17, 15) is 4.79 Å². The van der Waals surface area contributed by atoms with E-state index in [0.29, 0.717) is 6.54 Å². The second-order valence-corrected chi connectivity index (χ2v) is 5.08. The number of amides is 1. The van der Waals surface area contributed by atoms with Crippen LogP contribution in [0.1, 0.15) is 19.4 Å². The van der Waals surface area contributed by atoms with Crippen molar-refractivity contribution in [3.63, 3.8) is 0 Å². The molecule has 0 unspecified atom stereocenters. The Balaban J connectivity index is 2.69. The first-order valence-electron chi connectivity index (χ1n) is 5.09. The normalized spacial score (nSPS) is 11.2. The van der Waals surface area contributed by atoms with Crippen molar-refractivity contribution in [2.45, 2.75) is 19.3 Å². The number of carbonyl (C=O) groups is 1. The predicted octanol–water partition coefficient (Wildman–Crippen LogP) is 2.66. The third-order valence-electron chi connectivity index (χ3n) is 2.50. The summed E-state index contributed by atoms with van der Waals surface area (Å²) in [5, 5.41) is 3.56. The van der Waals surface area contributed by atoms with Crippen LogP contribution in [0.3, 0.4) is 0 Å². The molecule has 4 heteroatoms. The van der Waals surface area contributed by atoms with Crippen LogP contribution < -0.4 is 5.32 Å². The fraction of sp³-hybridized carbons (Fsp3) is 0.417. The third-order valence-corrected chi connectivity index (χ3v) is 3.04. The van der Waals surface area contributed by atoms with Crippen LogP contribution in [-0.2, 0) is 10.2 Å². The zero-order valence-electron chi connectivity index (χ0n) is 9.46. The number of thiol groups is 1. The fourth-order valence-corrected chi connectivity index (χ4v) is 1.62. The molecule has 1 aromatic carbocycles. The summed E-state index contributed by atoms with van der Waals surface area (Å²) in [7, 11) is 0. The molecule has 88 valence electrons. The van der Waals surface area contributed by atoms with E-state index in [2.05, 4.69) is 31.8 Å². The molecule has 1 rings (SSSR count). The molecule has 0 aliphatic carbocycles. The lowest BCUT2D eigenvalue weighted by Crippen LogP contribution is -2.37. The van der Waals surface area contributed by atoms with Gasteiger partial charge in [-0.05, 0) is 17.7 Å². The van der Waals surface area contributed by atoms with Crippen molar-refractivity contribution >= 4 is 30.1 Å². The molecule has 0 heterocycles. The number of hydrogen-bond acceptors (Lipinski definition) is 2. The average molecular weight is 258 g/mol.